The number of alkyl halides is 2. The van der Waals surface area contributed by atoms with E-state index in [0.29, 0.717) is 18.8 Å². The fraction of sp³-hybridized carbons (Fsp3) is 0.923. The molecule has 0 aliphatic heterocycles. The van der Waals surface area contributed by atoms with Crippen LogP contribution >= 0.6 is 12.0 Å². The van der Waals surface area contributed by atoms with E-state index < -0.39 is 34.5 Å². The van der Waals surface area contributed by atoms with Crippen molar-refractivity contribution >= 4 is 18.0 Å². The van der Waals surface area contributed by atoms with Gasteiger partial charge in [0.05, 0.1) is 5.60 Å². The topological polar surface area (TPSA) is 85.2 Å². The van der Waals surface area contributed by atoms with Crippen LogP contribution in [0.4, 0.5) is 8.78 Å². The van der Waals surface area contributed by atoms with Crippen molar-refractivity contribution in [1.29, 1.82) is 0 Å². The standard InChI is InChI=1S/C13H18F2O6S/c1-11(19-10(16)13(14,15)22-21-20-18)8-2-7-3-9(11)6-12(17,4-7)5-8/h7-9,17-18H,2-6H2,1H3. The number of carbonyl (C=O) groups excluding carboxylic acids is 1. The number of hydrogen-bond acceptors (Lipinski definition) is 7. The summed E-state index contributed by atoms with van der Waals surface area (Å²) in [5.41, 5.74) is -1.75. The van der Waals surface area contributed by atoms with E-state index in [-0.39, 0.29) is 11.8 Å². The van der Waals surface area contributed by atoms with Crippen molar-refractivity contribution in [3.8, 4) is 0 Å². The maximum Gasteiger partial charge on any atom is 0.415 e. The van der Waals surface area contributed by atoms with Gasteiger partial charge in [-0.3, -0.25) is 0 Å². The van der Waals surface area contributed by atoms with Gasteiger partial charge in [0.15, 0.2) is 0 Å². The lowest BCUT2D eigenvalue weighted by atomic mass is 9.48. The predicted octanol–water partition coefficient (Wildman–Crippen LogP) is 2.52. The van der Waals surface area contributed by atoms with Gasteiger partial charge in [-0.15, -0.1) is 4.33 Å². The average molecular weight is 340 g/mol. The smallest absolute Gasteiger partial charge is 0.415 e. The number of aliphatic hydroxyl groups is 1. The summed E-state index contributed by atoms with van der Waals surface area (Å²) in [6.45, 7) is 1.67. The van der Waals surface area contributed by atoms with Crippen molar-refractivity contribution < 1.29 is 38.0 Å². The van der Waals surface area contributed by atoms with Gasteiger partial charge >= 0.3 is 11.2 Å². The van der Waals surface area contributed by atoms with Gasteiger partial charge in [0.1, 0.15) is 17.6 Å². The van der Waals surface area contributed by atoms with Crippen molar-refractivity contribution in [2.24, 2.45) is 17.8 Å². The molecule has 4 aliphatic carbocycles. The second-order valence-corrected chi connectivity index (χ2v) is 7.70. The lowest BCUT2D eigenvalue weighted by Gasteiger charge is -2.61. The Morgan fingerprint density at radius 2 is 1.86 bits per heavy atom. The van der Waals surface area contributed by atoms with E-state index in [4.69, 9.17) is 9.99 Å². The molecular weight excluding hydrogens is 322 g/mol. The van der Waals surface area contributed by atoms with E-state index in [2.05, 4.69) is 9.37 Å². The minimum Gasteiger partial charge on any atom is -0.454 e. The lowest BCUT2D eigenvalue weighted by Crippen LogP contribution is -2.64. The normalized spacial score (nSPS) is 43.4. The molecule has 0 saturated heterocycles. The summed E-state index contributed by atoms with van der Waals surface area (Å²) < 4.78 is 36.0. The molecule has 2 atom stereocenters. The van der Waals surface area contributed by atoms with E-state index in [1.165, 1.54) is 0 Å². The van der Waals surface area contributed by atoms with E-state index in [1.54, 1.807) is 6.92 Å². The zero-order valence-corrected chi connectivity index (χ0v) is 12.8. The number of esters is 1. The zero-order valence-electron chi connectivity index (χ0n) is 12.0. The molecule has 126 valence electrons. The van der Waals surface area contributed by atoms with Gasteiger partial charge in [-0.05, 0) is 44.9 Å². The van der Waals surface area contributed by atoms with Crippen molar-refractivity contribution in [2.45, 2.75) is 55.5 Å². The minimum atomic E-state index is -3.99. The third-order valence-corrected chi connectivity index (χ3v) is 6.00. The van der Waals surface area contributed by atoms with Crippen molar-refractivity contribution in [3.63, 3.8) is 0 Å². The molecule has 0 heterocycles. The van der Waals surface area contributed by atoms with Crippen LogP contribution in [0.5, 0.6) is 0 Å². The van der Waals surface area contributed by atoms with Crippen molar-refractivity contribution in [1.82, 2.24) is 0 Å². The quantitative estimate of drug-likeness (QED) is 0.344. The molecule has 4 fully saturated rings. The van der Waals surface area contributed by atoms with E-state index in [1.807, 2.05) is 0 Å². The molecule has 0 amide bonds. The Labute approximate surface area is 130 Å². The molecule has 4 aliphatic rings. The molecule has 4 rings (SSSR count). The summed E-state index contributed by atoms with van der Waals surface area (Å²) in [7, 11) is 0. The third kappa shape index (κ3) is 2.62. The highest BCUT2D eigenvalue weighted by Gasteiger charge is 2.63. The van der Waals surface area contributed by atoms with Crippen LogP contribution < -0.4 is 0 Å². The third-order valence-electron chi connectivity index (χ3n) is 5.50. The molecule has 6 nitrogen and oxygen atoms in total. The lowest BCUT2D eigenvalue weighted by molar-refractivity contribution is -0.433. The number of ether oxygens (including phenoxy) is 1. The van der Waals surface area contributed by atoms with E-state index in [9.17, 15) is 18.7 Å². The zero-order chi connectivity index (χ0) is 16.2. The molecule has 0 aromatic rings. The summed E-state index contributed by atoms with van der Waals surface area (Å²) in [6, 6.07) is 0. The van der Waals surface area contributed by atoms with Crippen LogP contribution in [0.3, 0.4) is 0 Å². The first-order valence-corrected chi connectivity index (χ1v) is 7.92. The molecule has 4 saturated carbocycles. The number of carbonyl (C=O) groups is 1. The van der Waals surface area contributed by atoms with Gasteiger partial charge in [-0.1, -0.05) is 5.04 Å². The molecule has 0 aromatic carbocycles. The van der Waals surface area contributed by atoms with Crippen molar-refractivity contribution in [3.05, 3.63) is 0 Å². The average Bonchev–Trinajstić information content (AvgIpc) is 2.41. The summed E-state index contributed by atoms with van der Waals surface area (Å²) in [4.78, 5) is 11.8. The highest BCUT2D eigenvalue weighted by atomic mass is 32.2. The molecule has 2 N–H and O–H groups in total. The van der Waals surface area contributed by atoms with Crippen LogP contribution in [0, 0.1) is 17.8 Å². The fourth-order valence-electron chi connectivity index (χ4n) is 4.66. The van der Waals surface area contributed by atoms with Gasteiger partial charge in [0, 0.05) is 11.8 Å². The maximum atomic E-state index is 13.6. The Balaban J connectivity index is 1.73. The van der Waals surface area contributed by atoms with Gasteiger partial charge in [0.25, 0.3) is 0 Å². The molecule has 9 heteroatoms. The second kappa shape index (κ2) is 5.27. The molecular formula is C13H18F2O6S. The minimum absolute atomic E-state index is 0.122. The Morgan fingerprint density at radius 3 is 2.36 bits per heavy atom. The summed E-state index contributed by atoms with van der Waals surface area (Å²) in [6.07, 6.45) is 3.24. The first kappa shape index (κ1) is 16.4. The van der Waals surface area contributed by atoms with Gasteiger partial charge in [-0.2, -0.15) is 8.78 Å². The number of halogens is 2. The van der Waals surface area contributed by atoms with Crippen LogP contribution in [0.1, 0.15) is 39.0 Å². The van der Waals surface area contributed by atoms with Crippen molar-refractivity contribution in [2.75, 3.05) is 0 Å². The van der Waals surface area contributed by atoms with Crippen LogP contribution in [-0.2, 0) is 18.9 Å². The van der Waals surface area contributed by atoms with Gasteiger partial charge in [-0.25, -0.2) is 10.1 Å². The predicted molar refractivity (Wildman–Crippen MR) is 70.3 cm³/mol. The van der Waals surface area contributed by atoms with Gasteiger partial charge in [0.2, 0.25) is 0 Å². The molecule has 0 radical (unpaired) electrons. The fourth-order valence-corrected chi connectivity index (χ4v) is 4.89. The number of hydrogen-bond donors (Lipinski definition) is 2. The van der Waals surface area contributed by atoms with E-state index in [0.717, 1.165) is 19.3 Å². The number of rotatable bonds is 5. The Hall–Kier alpha value is -0.480. The van der Waals surface area contributed by atoms with Crippen LogP contribution in [0.2, 0.25) is 0 Å². The molecule has 2 unspecified atom stereocenters. The summed E-state index contributed by atoms with van der Waals surface area (Å²) in [5, 5.41) is 17.5. The highest BCUT2D eigenvalue weighted by Crippen LogP contribution is 2.61. The van der Waals surface area contributed by atoms with Crippen LogP contribution in [0.15, 0.2) is 0 Å². The molecule has 4 bridgehead atoms. The molecule has 22 heavy (non-hydrogen) atoms. The Bertz CT molecular complexity index is 457. The van der Waals surface area contributed by atoms with Gasteiger partial charge < -0.3 is 9.84 Å². The second-order valence-electron chi connectivity index (χ2n) is 6.88. The summed E-state index contributed by atoms with van der Waals surface area (Å²) >= 11 is -0.619. The van der Waals surface area contributed by atoms with Crippen LogP contribution in [0.25, 0.3) is 0 Å². The molecule has 0 spiro atoms. The summed E-state index contributed by atoms with van der Waals surface area (Å²) in [5.74, 6) is -1.60. The first-order valence-electron chi connectivity index (χ1n) is 7.18. The SMILES string of the molecule is CC1(OC(=O)C(F)(F)SOOO)C2CC3CC1CC(O)(C3)C2. The highest BCUT2D eigenvalue weighted by molar-refractivity contribution is 7.96. The Kier molecular flexibility index (Phi) is 3.92. The molecule has 0 aromatic heterocycles. The van der Waals surface area contributed by atoms with Crippen LogP contribution in [-0.4, -0.2) is 32.8 Å². The largest absolute Gasteiger partial charge is 0.454 e. The maximum absolute atomic E-state index is 13.6. The Morgan fingerprint density at radius 1 is 1.27 bits per heavy atom. The van der Waals surface area contributed by atoms with E-state index >= 15 is 0 Å². The monoisotopic (exact) mass is 340 g/mol. The first-order chi connectivity index (χ1) is 10.2.